The Balaban J connectivity index is 1.95. The van der Waals surface area contributed by atoms with Crippen LogP contribution in [0.5, 0.6) is 0 Å². The van der Waals surface area contributed by atoms with Crippen molar-refractivity contribution in [2.45, 2.75) is 26.3 Å². The second kappa shape index (κ2) is 4.22. The number of hydrogen-bond donors (Lipinski definition) is 0. The molecule has 0 atom stereocenters. The van der Waals surface area contributed by atoms with Crippen LogP contribution in [0.2, 0.25) is 0 Å². The van der Waals surface area contributed by atoms with Crippen molar-refractivity contribution in [1.29, 1.82) is 0 Å². The molecule has 0 spiro atoms. The van der Waals surface area contributed by atoms with Gasteiger partial charge in [0, 0.05) is 19.4 Å². The molecule has 20 heavy (non-hydrogen) atoms. The third kappa shape index (κ3) is 2.06. The van der Waals surface area contributed by atoms with E-state index in [0.29, 0.717) is 17.5 Å². The van der Waals surface area contributed by atoms with Gasteiger partial charge >= 0.3 is 0 Å². The molecule has 0 saturated heterocycles. The van der Waals surface area contributed by atoms with E-state index in [4.69, 9.17) is 4.52 Å². The first-order valence-electron chi connectivity index (χ1n) is 6.07. The molecule has 0 amide bonds. The Morgan fingerprint density at radius 2 is 2.00 bits per heavy atom. The molecule has 0 N–H and O–H groups in total. The van der Waals surface area contributed by atoms with Crippen molar-refractivity contribution >= 4 is 0 Å². The molecule has 0 aliphatic carbocycles. The molecular weight excluding hydrogens is 260 g/mol. The number of aryl methyl sites for hydroxylation is 1. The molecule has 3 rings (SSSR count). The van der Waals surface area contributed by atoms with Crippen LogP contribution in [0.3, 0.4) is 0 Å². The minimum atomic E-state index is -0.256. The van der Waals surface area contributed by atoms with Gasteiger partial charge in [-0.1, -0.05) is 5.16 Å². The van der Waals surface area contributed by atoms with E-state index in [-0.39, 0.29) is 11.4 Å². The molecule has 9 heteroatoms. The molecule has 104 valence electrons. The zero-order chi connectivity index (χ0) is 14.3. The van der Waals surface area contributed by atoms with Gasteiger partial charge in [0.1, 0.15) is 0 Å². The number of imidazole rings is 1. The first kappa shape index (κ1) is 12.5. The molecule has 0 bridgehead atoms. The van der Waals surface area contributed by atoms with E-state index in [9.17, 15) is 0 Å². The fourth-order valence-corrected chi connectivity index (χ4v) is 1.57. The monoisotopic (exact) mass is 274 g/mol. The Bertz CT molecular complexity index is 732. The van der Waals surface area contributed by atoms with Crippen LogP contribution in [0.1, 0.15) is 20.8 Å². The zero-order valence-electron chi connectivity index (χ0n) is 11.6. The van der Waals surface area contributed by atoms with Crippen LogP contribution < -0.4 is 0 Å². The minimum Gasteiger partial charge on any atom is -0.331 e. The van der Waals surface area contributed by atoms with Crippen molar-refractivity contribution in [3.63, 3.8) is 0 Å². The van der Waals surface area contributed by atoms with E-state index in [2.05, 4.69) is 30.5 Å². The normalized spacial score (nSPS) is 12.0. The second-order valence-corrected chi connectivity index (χ2v) is 5.36. The fraction of sp³-hybridized carbons (Fsp3) is 0.455. The predicted molar refractivity (Wildman–Crippen MR) is 68.3 cm³/mol. The van der Waals surface area contributed by atoms with E-state index in [0.717, 1.165) is 0 Å². The average molecular weight is 274 g/mol. The molecule has 0 unspecified atom stereocenters. The highest BCUT2D eigenvalue weighted by Crippen LogP contribution is 2.18. The van der Waals surface area contributed by atoms with Crippen molar-refractivity contribution in [3.05, 3.63) is 12.4 Å². The summed E-state index contributed by atoms with van der Waals surface area (Å²) in [5, 5.41) is 16.0. The number of aromatic nitrogens is 8. The molecule has 0 aliphatic rings. The van der Waals surface area contributed by atoms with E-state index < -0.39 is 0 Å². The number of rotatable bonds is 2. The Hall–Kier alpha value is -2.58. The maximum atomic E-state index is 5.16. The van der Waals surface area contributed by atoms with Gasteiger partial charge in [-0.2, -0.15) is 9.78 Å². The lowest BCUT2D eigenvalue weighted by molar-refractivity contribution is 0.306. The van der Waals surface area contributed by atoms with Gasteiger partial charge in [0.2, 0.25) is 5.82 Å². The molecule has 0 fully saturated rings. The largest absolute Gasteiger partial charge is 0.331 e. The maximum absolute atomic E-state index is 5.16. The summed E-state index contributed by atoms with van der Waals surface area (Å²) in [6, 6.07) is 0. The van der Waals surface area contributed by atoms with Gasteiger partial charge in [0.15, 0.2) is 5.82 Å². The number of nitrogens with zero attached hydrogens (tertiary/aromatic N) is 8. The lowest BCUT2D eigenvalue weighted by atomic mass is 10.1. The summed E-state index contributed by atoms with van der Waals surface area (Å²) in [5.41, 5.74) is -0.256. The van der Waals surface area contributed by atoms with Gasteiger partial charge in [-0.15, -0.1) is 10.2 Å². The van der Waals surface area contributed by atoms with E-state index in [1.165, 1.54) is 4.80 Å². The van der Waals surface area contributed by atoms with Crippen LogP contribution in [0, 0.1) is 0 Å². The first-order valence-corrected chi connectivity index (χ1v) is 6.07. The van der Waals surface area contributed by atoms with Crippen molar-refractivity contribution in [2.24, 2.45) is 7.05 Å². The summed E-state index contributed by atoms with van der Waals surface area (Å²) in [7, 11) is 1.85. The topological polar surface area (TPSA) is 100 Å². The lowest BCUT2D eigenvalue weighted by Crippen LogP contribution is -2.24. The highest BCUT2D eigenvalue weighted by molar-refractivity contribution is 5.48. The second-order valence-electron chi connectivity index (χ2n) is 5.36. The fourth-order valence-electron chi connectivity index (χ4n) is 1.57. The van der Waals surface area contributed by atoms with E-state index in [1.807, 2.05) is 27.8 Å². The van der Waals surface area contributed by atoms with Crippen molar-refractivity contribution in [3.8, 4) is 23.4 Å². The van der Waals surface area contributed by atoms with E-state index >= 15 is 0 Å². The molecule has 9 nitrogen and oxygen atoms in total. The number of hydrogen-bond acceptors (Lipinski definition) is 7. The summed E-state index contributed by atoms with van der Waals surface area (Å²) in [5.74, 6) is 1.52. The first-order chi connectivity index (χ1) is 9.45. The van der Waals surface area contributed by atoms with Crippen LogP contribution in [0.15, 0.2) is 16.9 Å². The molecule has 0 saturated carbocycles. The van der Waals surface area contributed by atoms with Crippen LogP contribution in [-0.2, 0) is 12.6 Å². The molecule has 3 aromatic rings. The third-order valence-corrected chi connectivity index (χ3v) is 2.65. The highest BCUT2D eigenvalue weighted by atomic mass is 16.5. The Labute approximate surface area is 114 Å². The molecule has 0 aromatic carbocycles. The predicted octanol–water partition coefficient (Wildman–Crippen LogP) is 0.879. The van der Waals surface area contributed by atoms with Gasteiger partial charge in [0.25, 0.3) is 11.7 Å². The SMILES string of the molecule is Cn1ccnc1-c1noc(-c2nnn(C(C)(C)C)n2)n1. The standard InChI is InChI=1S/C11H14N8O/c1-11(2,3)19-15-8(14-17-19)10-13-7(16-20-10)9-12-5-6-18(9)4/h5-6H,1-4H3. The summed E-state index contributed by atoms with van der Waals surface area (Å²) in [6.07, 6.45) is 3.47. The molecule has 0 radical (unpaired) electrons. The van der Waals surface area contributed by atoms with Crippen molar-refractivity contribution in [2.75, 3.05) is 0 Å². The lowest BCUT2D eigenvalue weighted by Gasteiger charge is -2.14. The molecular formula is C11H14N8O. The van der Waals surface area contributed by atoms with Gasteiger partial charge in [-0.05, 0) is 26.0 Å². The maximum Gasteiger partial charge on any atom is 0.299 e. The smallest absolute Gasteiger partial charge is 0.299 e. The van der Waals surface area contributed by atoms with Crippen molar-refractivity contribution in [1.82, 2.24) is 39.9 Å². The summed E-state index contributed by atoms with van der Waals surface area (Å²) in [4.78, 5) is 9.90. The molecule has 3 heterocycles. The molecule has 0 aliphatic heterocycles. The summed E-state index contributed by atoms with van der Waals surface area (Å²) in [6.45, 7) is 5.93. The van der Waals surface area contributed by atoms with Gasteiger partial charge in [-0.25, -0.2) is 4.98 Å². The van der Waals surface area contributed by atoms with Crippen LogP contribution in [0.25, 0.3) is 23.4 Å². The van der Waals surface area contributed by atoms with Gasteiger partial charge in [-0.3, -0.25) is 0 Å². The number of tetrazole rings is 1. The van der Waals surface area contributed by atoms with E-state index in [1.54, 1.807) is 17.0 Å². The Kier molecular flexibility index (Phi) is 2.63. The van der Waals surface area contributed by atoms with Crippen LogP contribution >= 0.6 is 0 Å². The quantitative estimate of drug-likeness (QED) is 0.683. The summed E-state index contributed by atoms with van der Waals surface area (Å²) < 4.78 is 6.96. The summed E-state index contributed by atoms with van der Waals surface area (Å²) >= 11 is 0. The Morgan fingerprint density at radius 3 is 2.60 bits per heavy atom. The average Bonchev–Trinajstić information content (AvgIpc) is 3.05. The molecule has 3 aromatic heterocycles. The minimum absolute atomic E-state index is 0.221. The zero-order valence-corrected chi connectivity index (χ0v) is 11.6. The van der Waals surface area contributed by atoms with Crippen molar-refractivity contribution < 1.29 is 4.52 Å². The van der Waals surface area contributed by atoms with Gasteiger partial charge in [0.05, 0.1) is 5.54 Å². The van der Waals surface area contributed by atoms with Crippen LogP contribution in [0.4, 0.5) is 0 Å². The third-order valence-electron chi connectivity index (χ3n) is 2.65. The Morgan fingerprint density at radius 1 is 1.20 bits per heavy atom. The highest BCUT2D eigenvalue weighted by Gasteiger charge is 2.21. The van der Waals surface area contributed by atoms with Crippen LogP contribution in [-0.4, -0.2) is 39.9 Å². The van der Waals surface area contributed by atoms with Gasteiger partial charge < -0.3 is 9.09 Å².